The van der Waals surface area contributed by atoms with E-state index >= 15 is 0 Å². The van der Waals surface area contributed by atoms with Gasteiger partial charge in [-0.3, -0.25) is 4.79 Å². The first kappa shape index (κ1) is 23.2. The summed E-state index contributed by atoms with van der Waals surface area (Å²) in [7, 11) is 0. The van der Waals surface area contributed by atoms with Gasteiger partial charge in [0.05, 0.1) is 16.6 Å². The van der Waals surface area contributed by atoms with Gasteiger partial charge in [0, 0.05) is 22.9 Å². The minimum absolute atomic E-state index is 0.100. The van der Waals surface area contributed by atoms with Gasteiger partial charge in [-0.1, -0.05) is 45.1 Å². The average molecular weight is 494 g/mol. The summed E-state index contributed by atoms with van der Waals surface area (Å²) in [5, 5.41) is 15.4. The van der Waals surface area contributed by atoms with E-state index < -0.39 is 11.8 Å². The maximum Gasteiger partial charge on any atom is 0.251 e. The summed E-state index contributed by atoms with van der Waals surface area (Å²) < 4.78 is 7.91. The molecule has 2 aromatic heterocycles. The Labute approximate surface area is 210 Å². The van der Waals surface area contributed by atoms with Gasteiger partial charge in [0.2, 0.25) is 0 Å². The highest BCUT2D eigenvalue weighted by Crippen LogP contribution is 2.41. The molecular weight excluding hydrogens is 458 g/mol. The molecule has 0 radical (unpaired) electrons. The van der Waals surface area contributed by atoms with E-state index in [0.29, 0.717) is 17.5 Å². The molecule has 35 heavy (non-hydrogen) atoms. The molecule has 1 saturated heterocycles. The van der Waals surface area contributed by atoms with Crippen LogP contribution in [0.25, 0.3) is 11.0 Å². The molecule has 1 aliphatic heterocycles. The lowest BCUT2D eigenvalue weighted by Crippen LogP contribution is -2.54. The Morgan fingerprint density at radius 3 is 2.71 bits per heavy atom. The van der Waals surface area contributed by atoms with E-state index in [9.17, 15) is 9.90 Å². The summed E-state index contributed by atoms with van der Waals surface area (Å²) in [6, 6.07) is 10.7. The molecule has 0 bridgehead atoms. The number of carbonyl (C=O) groups excluding carboxylic acids is 1. The Bertz CT molecular complexity index is 1200. The van der Waals surface area contributed by atoms with Gasteiger partial charge in [-0.05, 0) is 61.2 Å². The van der Waals surface area contributed by atoms with Crippen LogP contribution in [0.4, 0.5) is 0 Å². The molecule has 4 unspecified atom stereocenters. The number of imidazole rings is 1. The molecule has 3 aliphatic rings. The quantitative estimate of drug-likeness (QED) is 0.439. The largest absolute Gasteiger partial charge is 0.366 e. The Morgan fingerprint density at radius 1 is 1.20 bits per heavy atom. The van der Waals surface area contributed by atoms with Crippen molar-refractivity contribution in [2.45, 2.75) is 95.1 Å². The van der Waals surface area contributed by atoms with Crippen LogP contribution in [0.5, 0.6) is 0 Å². The zero-order valence-electron chi connectivity index (χ0n) is 20.4. The van der Waals surface area contributed by atoms with Crippen LogP contribution in [0.1, 0.15) is 91.8 Å². The normalized spacial score (nSPS) is 28.2. The second-order valence-electron chi connectivity index (χ2n) is 10.8. The van der Waals surface area contributed by atoms with E-state index in [4.69, 9.17) is 9.72 Å². The molecule has 1 amide bonds. The number of amides is 1. The fourth-order valence-corrected chi connectivity index (χ4v) is 7.21. The number of aliphatic hydroxyl groups is 1. The van der Waals surface area contributed by atoms with Gasteiger partial charge in [-0.25, -0.2) is 4.98 Å². The minimum Gasteiger partial charge on any atom is -0.366 e. The number of nitrogens with zero attached hydrogens (tertiary/aromatic N) is 2. The minimum atomic E-state index is -0.760. The molecule has 6 nitrogen and oxygen atoms in total. The van der Waals surface area contributed by atoms with Crippen LogP contribution < -0.4 is 5.32 Å². The van der Waals surface area contributed by atoms with Gasteiger partial charge in [0.15, 0.2) is 6.29 Å². The fourth-order valence-electron chi connectivity index (χ4n) is 6.50. The third-order valence-electron chi connectivity index (χ3n) is 8.46. The lowest BCUT2D eigenvalue weighted by molar-refractivity contribution is 0.0831. The number of aliphatic hydroxyl groups excluding tert-OH is 1. The number of hydrogen-bond acceptors (Lipinski definition) is 5. The lowest BCUT2D eigenvalue weighted by Gasteiger charge is -2.36. The first-order valence-corrected chi connectivity index (χ1v) is 14.1. The zero-order chi connectivity index (χ0) is 24.0. The van der Waals surface area contributed by atoms with Gasteiger partial charge in [-0.15, -0.1) is 11.3 Å². The molecular formula is C28H35N3O3S. The Balaban J connectivity index is 1.33. The Morgan fingerprint density at radius 2 is 2.00 bits per heavy atom. The van der Waals surface area contributed by atoms with Crippen LogP contribution in [0, 0.1) is 5.92 Å². The van der Waals surface area contributed by atoms with Gasteiger partial charge >= 0.3 is 0 Å². The number of fused-ring (bicyclic) bond motifs is 1. The molecule has 3 fully saturated rings. The van der Waals surface area contributed by atoms with Crippen LogP contribution in [-0.2, 0) is 11.2 Å². The first-order chi connectivity index (χ1) is 17.0. The molecule has 0 spiro atoms. The van der Waals surface area contributed by atoms with Crippen LogP contribution in [-0.4, -0.2) is 38.5 Å². The van der Waals surface area contributed by atoms with E-state index in [0.717, 1.165) is 55.4 Å². The van der Waals surface area contributed by atoms with Crippen molar-refractivity contribution in [2.24, 2.45) is 5.92 Å². The molecule has 7 heteroatoms. The van der Waals surface area contributed by atoms with Crippen LogP contribution in [0.3, 0.4) is 0 Å². The predicted molar refractivity (Wildman–Crippen MR) is 138 cm³/mol. The number of aromatic nitrogens is 2. The Hall–Kier alpha value is -2.22. The monoisotopic (exact) mass is 493 g/mol. The summed E-state index contributed by atoms with van der Waals surface area (Å²) in [5.74, 6) is 1.61. The van der Waals surface area contributed by atoms with Crippen LogP contribution >= 0.6 is 11.3 Å². The highest BCUT2D eigenvalue weighted by Gasteiger charge is 2.55. The summed E-state index contributed by atoms with van der Waals surface area (Å²) in [4.78, 5) is 19.8. The molecule has 2 saturated carbocycles. The van der Waals surface area contributed by atoms with E-state index in [1.54, 1.807) is 11.3 Å². The van der Waals surface area contributed by atoms with Crippen molar-refractivity contribution >= 4 is 28.3 Å². The Kier molecular flexibility index (Phi) is 6.19. The predicted octanol–water partition coefficient (Wildman–Crippen LogP) is 5.59. The van der Waals surface area contributed by atoms with Crippen molar-refractivity contribution in [3.63, 3.8) is 0 Å². The summed E-state index contributed by atoms with van der Waals surface area (Å²) in [6.45, 7) is 2.37. The number of ether oxygens (including phenoxy) is 1. The molecule has 3 heterocycles. The third-order valence-corrected chi connectivity index (χ3v) is 9.33. The molecule has 186 valence electrons. The summed E-state index contributed by atoms with van der Waals surface area (Å²) in [6.07, 6.45) is 9.70. The van der Waals surface area contributed by atoms with Crippen molar-refractivity contribution in [2.75, 3.05) is 0 Å². The fraction of sp³-hybridized carbons (Fsp3) is 0.571. The molecule has 2 N–H and O–H groups in total. The number of benzene rings is 1. The third kappa shape index (κ3) is 4.43. The maximum absolute atomic E-state index is 13.4. The molecule has 6 rings (SSSR count). The SMILES string of the molecule is CC1CCCCC1n1c(Cc2cccs2)nc2cc(C(=O)NC3(C4OC4O)CCCCC3)ccc21. The summed E-state index contributed by atoms with van der Waals surface area (Å²) >= 11 is 1.77. The second kappa shape index (κ2) is 9.34. The smallest absolute Gasteiger partial charge is 0.251 e. The van der Waals surface area contributed by atoms with Crippen molar-refractivity contribution in [1.29, 1.82) is 0 Å². The lowest BCUT2D eigenvalue weighted by atomic mass is 9.78. The highest BCUT2D eigenvalue weighted by molar-refractivity contribution is 7.09. The molecule has 3 aromatic rings. The number of nitrogens with one attached hydrogen (secondary N) is 1. The maximum atomic E-state index is 13.4. The summed E-state index contributed by atoms with van der Waals surface area (Å²) in [5.41, 5.74) is 2.18. The number of rotatable bonds is 6. The van der Waals surface area contributed by atoms with Crippen LogP contribution in [0.15, 0.2) is 35.7 Å². The van der Waals surface area contributed by atoms with Crippen molar-refractivity contribution in [3.8, 4) is 0 Å². The number of carbonyl (C=O) groups is 1. The standard InChI is InChI=1S/C28H35N3O3S/c1-18-8-3-4-10-22(18)31-23-12-11-19(16-21(23)29-24(31)17-20-9-7-15-35-20)26(32)30-28(25-27(33)34-25)13-5-2-6-14-28/h7,9,11-12,15-16,18,22,25,27,33H,2-6,8,10,13-14,17H2,1H3,(H,30,32). The second-order valence-corrected chi connectivity index (χ2v) is 11.8. The molecule has 2 aliphatic carbocycles. The van der Waals surface area contributed by atoms with E-state index in [1.165, 1.54) is 30.6 Å². The van der Waals surface area contributed by atoms with E-state index in [1.807, 2.05) is 12.1 Å². The van der Waals surface area contributed by atoms with Gasteiger partial charge in [-0.2, -0.15) is 0 Å². The number of epoxide rings is 1. The van der Waals surface area contributed by atoms with Crippen molar-refractivity contribution in [1.82, 2.24) is 14.9 Å². The van der Waals surface area contributed by atoms with E-state index in [2.05, 4.69) is 40.4 Å². The van der Waals surface area contributed by atoms with Gasteiger partial charge < -0.3 is 19.7 Å². The average Bonchev–Trinajstić information content (AvgIpc) is 3.25. The van der Waals surface area contributed by atoms with Crippen LogP contribution in [0.2, 0.25) is 0 Å². The molecule has 4 atom stereocenters. The van der Waals surface area contributed by atoms with Crippen molar-refractivity contribution < 1.29 is 14.6 Å². The van der Waals surface area contributed by atoms with E-state index in [-0.39, 0.29) is 12.0 Å². The molecule has 1 aromatic carbocycles. The number of hydrogen-bond donors (Lipinski definition) is 2. The number of thiophene rings is 1. The van der Waals surface area contributed by atoms with Crippen molar-refractivity contribution in [3.05, 3.63) is 52.0 Å². The van der Waals surface area contributed by atoms with Gasteiger partial charge in [0.25, 0.3) is 5.91 Å². The zero-order valence-corrected chi connectivity index (χ0v) is 21.2. The topological polar surface area (TPSA) is 79.7 Å². The first-order valence-electron chi connectivity index (χ1n) is 13.2. The van der Waals surface area contributed by atoms with Gasteiger partial charge in [0.1, 0.15) is 11.9 Å². The highest BCUT2D eigenvalue weighted by atomic mass is 32.1.